The highest BCUT2D eigenvalue weighted by molar-refractivity contribution is 5.43. The van der Waals surface area contributed by atoms with Gasteiger partial charge >= 0.3 is 0 Å². The fourth-order valence-electron chi connectivity index (χ4n) is 3.22. The molecule has 1 aromatic rings. The molecule has 0 aromatic carbocycles. The lowest BCUT2D eigenvalue weighted by atomic mass is 10.0. The largest absolute Gasteiger partial charge is 0.382 e. The normalized spacial score (nSPS) is 22.6. The summed E-state index contributed by atoms with van der Waals surface area (Å²) in [5, 5.41) is 4.32. The molecule has 3 rings (SSSR count). The van der Waals surface area contributed by atoms with Gasteiger partial charge in [-0.25, -0.2) is 0 Å². The van der Waals surface area contributed by atoms with Gasteiger partial charge < -0.3 is 5.73 Å². The van der Waals surface area contributed by atoms with E-state index in [2.05, 4.69) is 10.00 Å². The van der Waals surface area contributed by atoms with Crippen molar-refractivity contribution in [3.63, 3.8) is 0 Å². The number of hydrogen-bond acceptors (Lipinski definition) is 3. The second-order valence-electron chi connectivity index (χ2n) is 5.09. The molecule has 0 spiro atoms. The Kier molecular flexibility index (Phi) is 2.39. The van der Waals surface area contributed by atoms with E-state index >= 15 is 0 Å². The van der Waals surface area contributed by atoms with Crippen LogP contribution in [0.3, 0.4) is 0 Å². The van der Waals surface area contributed by atoms with E-state index in [9.17, 15) is 0 Å². The van der Waals surface area contributed by atoms with Crippen molar-refractivity contribution in [2.24, 2.45) is 7.05 Å². The van der Waals surface area contributed by atoms with Gasteiger partial charge in [0.1, 0.15) is 5.82 Å². The summed E-state index contributed by atoms with van der Waals surface area (Å²) in [6.07, 6.45) is 6.64. The Labute approximate surface area is 96.4 Å². The highest BCUT2D eigenvalue weighted by Gasteiger charge is 2.28. The van der Waals surface area contributed by atoms with Crippen molar-refractivity contribution in [2.75, 3.05) is 12.3 Å². The van der Waals surface area contributed by atoms with Gasteiger partial charge in [0, 0.05) is 43.9 Å². The average Bonchev–Trinajstić information content (AvgIpc) is 2.88. The minimum Gasteiger partial charge on any atom is -0.382 e. The average molecular weight is 220 g/mol. The number of nitrogens with zero attached hydrogens (tertiary/aromatic N) is 3. The van der Waals surface area contributed by atoms with Gasteiger partial charge in [-0.2, -0.15) is 5.10 Å². The van der Waals surface area contributed by atoms with Crippen molar-refractivity contribution in [2.45, 2.75) is 44.7 Å². The van der Waals surface area contributed by atoms with Gasteiger partial charge in [-0.05, 0) is 12.8 Å². The minimum absolute atomic E-state index is 0.736. The Morgan fingerprint density at radius 2 is 2.06 bits per heavy atom. The molecule has 16 heavy (non-hydrogen) atoms. The first-order chi connectivity index (χ1) is 7.75. The van der Waals surface area contributed by atoms with Gasteiger partial charge in [0.2, 0.25) is 0 Å². The fraction of sp³-hybridized carbons (Fsp3) is 0.750. The van der Waals surface area contributed by atoms with E-state index in [4.69, 9.17) is 5.73 Å². The highest BCUT2D eigenvalue weighted by Crippen LogP contribution is 2.30. The van der Waals surface area contributed by atoms with E-state index in [1.807, 2.05) is 11.7 Å². The Morgan fingerprint density at radius 3 is 2.81 bits per heavy atom. The van der Waals surface area contributed by atoms with Gasteiger partial charge in [-0.1, -0.05) is 12.8 Å². The van der Waals surface area contributed by atoms with Crippen LogP contribution in [0.15, 0.2) is 0 Å². The minimum atomic E-state index is 0.736. The summed E-state index contributed by atoms with van der Waals surface area (Å²) in [6, 6.07) is 0.799. The summed E-state index contributed by atoms with van der Waals surface area (Å²) in [5.74, 6) is 0.736. The molecule has 2 aliphatic rings. The van der Waals surface area contributed by atoms with Crippen LogP contribution in [0.2, 0.25) is 0 Å². The summed E-state index contributed by atoms with van der Waals surface area (Å²) in [6.45, 7) is 2.19. The molecule has 4 nitrogen and oxygen atoms in total. The molecule has 2 N–H and O–H groups in total. The molecule has 1 saturated carbocycles. The van der Waals surface area contributed by atoms with E-state index < -0.39 is 0 Å². The van der Waals surface area contributed by atoms with E-state index in [0.29, 0.717) is 0 Å². The van der Waals surface area contributed by atoms with Crippen molar-refractivity contribution in [3.8, 4) is 0 Å². The Hall–Kier alpha value is -1.03. The molecular formula is C12H20N4. The van der Waals surface area contributed by atoms with Crippen molar-refractivity contribution in [1.29, 1.82) is 0 Å². The molecule has 0 saturated heterocycles. The van der Waals surface area contributed by atoms with Crippen LogP contribution in [0.25, 0.3) is 0 Å². The SMILES string of the molecule is Cn1nc(N)c2c1CCN(C1CCCC1)C2. The maximum absolute atomic E-state index is 5.96. The van der Waals surface area contributed by atoms with Crippen LogP contribution in [0.4, 0.5) is 5.82 Å². The third-order valence-electron chi connectivity index (χ3n) is 4.14. The lowest BCUT2D eigenvalue weighted by molar-refractivity contribution is 0.180. The van der Waals surface area contributed by atoms with Gasteiger partial charge in [-0.3, -0.25) is 9.58 Å². The maximum atomic E-state index is 5.96. The van der Waals surface area contributed by atoms with Gasteiger partial charge in [0.25, 0.3) is 0 Å². The predicted octanol–water partition coefficient (Wildman–Crippen LogP) is 1.30. The number of nitrogen functional groups attached to an aromatic ring is 1. The molecule has 4 heteroatoms. The first-order valence-corrected chi connectivity index (χ1v) is 6.30. The second kappa shape index (κ2) is 3.77. The molecule has 2 heterocycles. The first kappa shape index (κ1) is 10.1. The summed E-state index contributed by atoms with van der Waals surface area (Å²) in [4.78, 5) is 2.60. The summed E-state index contributed by atoms with van der Waals surface area (Å²) >= 11 is 0. The van der Waals surface area contributed by atoms with Crippen LogP contribution in [0.1, 0.15) is 36.9 Å². The third-order valence-corrected chi connectivity index (χ3v) is 4.14. The number of fused-ring (bicyclic) bond motifs is 1. The van der Waals surface area contributed by atoms with E-state index in [1.54, 1.807) is 0 Å². The number of anilines is 1. The van der Waals surface area contributed by atoms with Crippen LogP contribution in [-0.4, -0.2) is 27.3 Å². The van der Waals surface area contributed by atoms with Crippen LogP contribution < -0.4 is 5.73 Å². The van der Waals surface area contributed by atoms with Gasteiger partial charge in [0.05, 0.1) is 0 Å². The molecule has 1 aliphatic carbocycles. The number of rotatable bonds is 1. The van der Waals surface area contributed by atoms with E-state index in [0.717, 1.165) is 24.8 Å². The molecule has 0 atom stereocenters. The topological polar surface area (TPSA) is 47.1 Å². The van der Waals surface area contributed by atoms with Crippen molar-refractivity contribution >= 4 is 5.82 Å². The zero-order valence-electron chi connectivity index (χ0n) is 9.95. The lowest BCUT2D eigenvalue weighted by Crippen LogP contribution is -2.38. The molecule has 0 unspecified atom stereocenters. The van der Waals surface area contributed by atoms with Gasteiger partial charge in [-0.15, -0.1) is 0 Å². The maximum Gasteiger partial charge on any atom is 0.150 e. The number of nitrogens with two attached hydrogens (primary N) is 1. The van der Waals surface area contributed by atoms with E-state index in [1.165, 1.54) is 43.5 Å². The Balaban J connectivity index is 1.82. The third kappa shape index (κ3) is 1.52. The van der Waals surface area contributed by atoms with Crippen molar-refractivity contribution in [3.05, 3.63) is 11.3 Å². The molecule has 1 fully saturated rings. The number of aryl methyl sites for hydroxylation is 1. The van der Waals surface area contributed by atoms with Crippen LogP contribution in [-0.2, 0) is 20.0 Å². The van der Waals surface area contributed by atoms with Crippen LogP contribution in [0.5, 0.6) is 0 Å². The Bertz CT molecular complexity index is 390. The molecule has 0 radical (unpaired) electrons. The summed E-state index contributed by atoms with van der Waals surface area (Å²) < 4.78 is 1.96. The monoisotopic (exact) mass is 220 g/mol. The summed E-state index contributed by atoms with van der Waals surface area (Å²) in [5.41, 5.74) is 8.58. The molecular weight excluding hydrogens is 200 g/mol. The smallest absolute Gasteiger partial charge is 0.150 e. The highest BCUT2D eigenvalue weighted by atomic mass is 15.3. The quantitative estimate of drug-likeness (QED) is 0.776. The van der Waals surface area contributed by atoms with Crippen LogP contribution >= 0.6 is 0 Å². The Morgan fingerprint density at radius 1 is 1.31 bits per heavy atom. The molecule has 0 bridgehead atoms. The molecule has 0 amide bonds. The molecule has 88 valence electrons. The van der Waals surface area contributed by atoms with Crippen molar-refractivity contribution in [1.82, 2.24) is 14.7 Å². The first-order valence-electron chi connectivity index (χ1n) is 6.30. The zero-order valence-corrected chi connectivity index (χ0v) is 9.95. The molecule has 1 aliphatic heterocycles. The zero-order chi connectivity index (χ0) is 11.1. The standard InChI is InChI=1S/C12H20N4/c1-15-11-6-7-16(9-4-2-3-5-9)8-10(11)12(13)14-15/h9H,2-8H2,1H3,(H2,13,14). The number of aromatic nitrogens is 2. The van der Waals surface area contributed by atoms with Crippen molar-refractivity contribution < 1.29 is 0 Å². The fourth-order valence-corrected chi connectivity index (χ4v) is 3.22. The molecule has 1 aromatic heterocycles. The lowest BCUT2D eigenvalue weighted by Gasteiger charge is -2.32. The number of hydrogen-bond donors (Lipinski definition) is 1. The van der Waals surface area contributed by atoms with Crippen LogP contribution in [0, 0.1) is 0 Å². The second-order valence-corrected chi connectivity index (χ2v) is 5.09. The van der Waals surface area contributed by atoms with E-state index in [-0.39, 0.29) is 0 Å². The van der Waals surface area contributed by atoms with Gasteiger partial charge in [0.15, 0.2) is 0 Å². The predicted molar refractivity (Wildman–Crippen MR) is 64.0 cm³/mol. The summed E-state index contributed by atoms with van der Waals surface area (Å²) in [7, 11) is 2.00.